The van der Waals surface area contributed by atoms with Gasteiger partial charge in [-0.05, 0) is 11.8 Å². The largest absolute Gasteiger partial charge is 0.248 e. The van der Waals surface area contributed by atoms with Crippen molar-refractivity contribution in [3.05, 3.63) is 11.6 Å². The molecule has 0 fully saturated rings. The van der Waals surface area contributed by atoms with Gasteiger partial charge in [-0.3, -0.25) is 0 Å². The first kappa shape index (κ1) is 11.3. The highest BCUT2D eigenvalue weighted by atomic mass is 32.2. The second-order valence-electron chi connectivity index (χ2n) is 4.56. The molecule has 0 amide bonds. The van der Waals surface area contributed by atoms with Crippen LogP contribution >= 0.6 is 0 Å². The highest BCUT2D eigenvalue weighted by molar-refractivity contribution is 7.93. The van der Waals surface area contributed by atoms with Crippen LogP contribution in [0.1, 0.15) is 27.2 Å². The van der Waals surface area contributed by atoms with Crippen LogP contribution in [-0.2, 0) is 9.73 Å². The van der Waals surface area contributed by atoms with E-state index < -0.39 is 9.73 Å². The molecular weight excluding hydrogens is 196 g/mol. The third-order valence-electron chi connectivity index (χ3n) is 2.45. The maximum atomic E-state index is 11.8. The standard InChI is InChI=1S/C10H16N2OS/c1-10(2,3)9-4-6-14(13,7-5-9)12-8-11/h4H,5-7H2,1-3H3. The van der Waals surface area contributed by atoms with Crippen LogP contribution in [0.2, 0.25) is 0 Å². The monoisotopic (exact) mass is 212 g/mol. The van der Waals surface area contributed by atoms with E-state index in [0.717, 1.165) is 6.42 Å². The van der Waals surface area contributed by atoms with E-state index in [1.807, 2.05) is 6.08 Å². The second kappa shape index (κ2) is 3.74. The van der Waals surface area contributed by atoms with Gasteiger partial charge in [-0.2, -0.15) is 5.26 Å². The summed E-state index contributed by atoms with van der Waals surface area (Å²) < 4.78 is 15.4. The number of hydrogen-bond acceptors (Lipinski definition) is 3. The van der Waals surface area contributed by atoms with Crippen LogP contribution in [0, 0.1) is 16.9 Å². The lowest BCUT2D eigenvalue weighted by Crippen LogP contribution is -2.21. The Morgan fingerprint density at radius 3 is 2.57 bits per heavy atom. The summed E-state index contributed by atoms with van der Waals surface area (Å²) in [6.45, 7) is 6.44. The van der Waals surface area contributed by atoms with Crippen molar-refractivity contribution in [2.45, 2.75) is 27.2 Å². The third-order valence-corrected chi connectivity index (χ3v) is 4.40. The van der Waals surface area contributed by atoms with Gasteiger partial charge in [0.05, 0.1) is 15.5 Å². The Kier molecular flexibility index (Phi) is 3.01. The minimum absolute atomic E-state index is 0.146. The Morgan fingerprint density at radius 1 is 1.57 bits per heavy atom. The summed E-state index contributed by atoms with van der Waals surface area (Å²) in [6.07, 6.45) is 4.44. The molecule has 0 N–H and O–H groups in total. The molecule has 1 unspecified atom stereocenters. The zero-order valence-corrected chi connectivity index (χ0v) is 9.73. The topological polar surface area (TPSA) is 53.2 Å². The van der Waals surface area contributed by atoms with Crippen molar-refractivity contribution in [1.82, 2.24) is 0 Å². The predicted octanol–water partition coefficient (Wildman–Crippen LogP) is 2.31. The molecule has 0 aromatic heterocycles. The molecule has 0 aliphatic carbocycles. The van der Waals surface area contributed by atoms with Crippen molar-refractivity contribution < 1.29 is 4.21 Å². The average molecular weight is 212 g/mol. The smallest absolute Gasteiger partial charge is 0.214 e. The molecule has 1 rings (SSSR count). The van der Waals surface area contributed by atoms with Crippen LogP contribution in [0.15, 0.2) is 16.0 Å². The molecule has 1 heterocycles. The van der Waals surface area contributed by atoms with Crippen LogP contribution in [0.25, 0.3) is 0 Å². The molecule has 0 saturated heterocycles. The fraction of sp³-hybridized carbons (Fsp3) is 0.700. The molecule has 1 atom stereocenters. The summed E-state index contributed by atoms with van der Waals surface area (Å²) in [5.74, 6) is 0.969. The number of allylic oxidation sites excluding steroid dienone is 1. The lowest BCUT2D eigenvalue weighted by Gasteiger charge is -2.26. The molecule has 1 aliphatic heterocycles. The number of rotatable bonds is 0. The van der Waals surface area contributed by atoms with E-state index in [4.69, 9.17) is 5.26 Å². The minimum Gasteiger partial charge on any atom is -0.248 e. The quantitative estimate of drug-likeness (QED) is 0.457. The highest BCUT2D eigenvalue weighted by Crippen LogP contribution is 2.31. The van der Waals surface area contributed by atoms with Gasteiger partial charge in [0.2, 0.25) is 6.19 Å². The Hall–Kier alpha value is -0.820. The molecule has 4 heteroatoms. The molecule has 14 heavy (non-hydrogen) atoms. The first-order chi connectivity index (χ1) is 6.37. The molecule has 0 aromatic rings. The van der Waals surface area contributed by atoms with Gasteiger partial charge >= 0.3 is 0 Å². The maximum absolute atomic E-state index is 11.8. The molecule has 0 bridgehead atoms. The van der Waals surface area contributed by atoms with Crippen LogP contribution in [0.3, 0.4) is 0 Å². The van der Waals surface area contributed by atoms with Crippen LogP contribution in [0.5, 0.6) is 0 Å². The molecule has 0 radical (unpaired) electrons. The molecule has 1 aliphatic rings. The van der Waals surface area contributed by atoms with Gasteiger partial charge in [-0.25, -0.2) is 4.21 Å². The highest BCUT2D eigenvalue weighted by Gasteiger charge is 2.23. The van der Waals surface area contributed by atoms with E-state index in [0.29, 0.717) is 11.5 Å². The first-order valence-corrected chi connectivity index (χ1v) is 6.53. The fourth-order valence-corrected chi connectivity index (χ4v) is 3.01. The van der Waals surface area contributed by atoms with Gasteiger partial charge in [-0.15, -0.1) is 4.36 Å². The normalized spacial score (nSPS) is 27.7. The van der Waals surface area contributed by atoms with Crippen molar-refractivity contribution in [2.24, 2.45) is 9.78 Å². The number of nitrogens with zero attached hydrogens (tertiary/aromatic N) is 2. The van der Waals surface area contributed by atoms with Gasteiger partial charge in [0, 0.05) is 5.75 Å². The van der Waals surface area contributed by atoms with Gasteiger partial charge in [0.25, 0.3) is 0 Å². The second-order valence-corrected chi connectivity index (χ2v) is 7.03. The Balaban J connectivity index is 2.91. The van der Waals surface area contributed by atoms with E-state index in [1.54, 1.807) is 6.19 Å². The van der Waals surface area contributed by atoms with E-state index in [2.05, 4.69) is 25.1 Å². The SMILES string of the molecule is CC(C)(C)C1=CCS(=O)(=NC#N)CC1. The molecular formula is C10H16N2OS. The first-order valence-electron chi connectivity index (χ1n) is 4.67. The number of hydrogen-bond donors (Lipinski definition) is 0. The minimum atomic E-state index is -2.25. The van der Waals surface area contributed by atoms with Crippen LogP contribution < -0.4 is 0 Å². The maximum Gasteiger partial charge on any atom is 0.214 e. The lowest BCUT2D eigenvalue weighted by atomic mass is 9.85. The Morgan fingerprint density at radius 2 is 2.21 bits per heavy atom. The van der Waals surface area contributed by atoms with E-state index >= 15 is 0 Å². The summed E-state index contributed by atoms with van der Waals surface area (Å²) >= 11 is 0. The van der Waals surface area contributed by atoms with Gasteiger partial charge in [0.1, 0.15) is 0 Å². The summed E-state index contributed by atoms with van der Waals surface area (Å²) in [4.78, 5) is 0. The predicted molar refractivity (Wildman–Crippen MR) is 58.1 cm³/mol. The van der Waals surface area contributed by atoms with Gasteiger partial charge in [0.15, 0.2) is 0 Å². The third kappa shape index (κ3) is 2.58. The summed E-state index contributed by atoms with van der Waals surface area (Å²) in [6, 6.07) is 0. The molecule has 0 aromatic carbocycles. The van der Waals surface area contributed by atoms with E-state index in [9.17, 15) is 4.21 Å². The van der Waals surface area contributed by atoms with Crippen molar-refractivity contribution >= 4 is 9.73 Å². The molecule has 3 nitrogen and oxygen atoms in total. The van der Waals surface area contributed by atoms with Crippen molar-refractivity contribution in [2.75, 3.05) is 11.5 Å². The van der Waals surface area contributed by atoms with Gasteiger partial charge < -0.3 is 0 Å². The molecule has 0 spiro atoms. The molecule has 78 valence electrons. The number of nitriles is 1. The zero-order chi connectivity index (χ0) is 10.8. The van der Waals surface area contributed by atoms with Gasteiger partial charge in [-0.1, -0.05) is 32.4 Å². The molecule has 0 saturated carbocycles. The Labute approximate surface area is 86.0 Å². The fourth-order valence-electron chi connectivity index (χ4n) is 1.52. The van der Waals surface area contributed by atoms with E-state index in [1.165, 1.54) is 5.57 Å². The van der Waals surface area contributed by atoms with Crippen molar-refractivity contribution in [3.63, 3.8) is 0 Å². The van der Waals surface area contributed by atoms with Crippen LogP contribution in [0.4, 0.5) is 0 Å². The zero-order valence-electron chi connectivity index (χ0n) is 8.91. The summed E-state index contributed by atoms with van der Waals surface area (Å²) in [5, 5.41) is 8.39. The summed E-state index contributed by atoms with van der Waals surface area (Å²) in [7, 11) is -2.25. The van der Waals surface area contributed by atoms with Crippen molar-refractivity contribution in [1.29, 1.82) is 5.26 Å². The van der Waals surface area contributed by atoms with E-state index in [-0.39, 0.29) is 5.41 Å². The van der Waals surface area contributed by atoms with Crippen molar-refractivity contribution in [3.8, 4) is 6.19 Å². The lowest BCUT2D eigenvalue weighted by molar-refractivity contribution is 0.486. The summed E-state index contributed by atoms with van der Waals surface area (Å²) in [5.41, 5.74) is 1.47. The Bertz CT molecular complexity index is 401. The average Bonchev–Trinajstić information content (AvgIpc) is 2.03. The van der Waals surface area contributed by atoms with Crippen LogP contribution in [-0.4, -0.2) is 15.7 Å².